The van der Waals surface area contributed by atoms with Gasteiger partial charge in [0.1, 0.15) is 17.9 Å². The lowest BCUT2D eigenvalue weighted by Crippen LogP contribution is -2.40. The van der Waals surface area contributed by atoms with Gasteiger partial charge in [-0.1, -0.05) is 31.5 Å². The number of para-hydroxylation sites is 1. The average Bonchev–Trinajstić information content (AvgIpc) is 2.99. The summed E-state index contributed by atoms with van der Waals surface area (Å²) in [4.78, 5) is 19.8. The van der Waals surface area contributed by atoms with Gasteiger partial charge in [-0.15, -0.1) is 0 Å². The second-order valence-corrected chi connectivity index (χ2v) is 6.31. The Labute approximate surface area is 149 Å². The number of nitrogens with one attached hydrogen (secondary N) is 1. The first-order valence-corrected chi connectivity index (χ1v) is 8.68. The number of nitrogens with zero attached hydrogens (tertiary/aromatic N) is 3. The van der Waals surface area contributed by atoms with Gasteiger partial charge < -0.3 is 19.5 Å². The number of carbonyl (C=O) groups is 1. The molecule has 136 valence electrons. The van der Waals surface area contributed by atoms with E-state index in [9.17, 15) is 4.79 Å². The maximum absolute atomic E-state index is 11.8. The molecule has 0 spiro atoms. The lowest BCUT2D eigenvalue weighted by molar-refractivity contribution is -0.127. The summed E-state index contributed by atoms with van der Waals surface area (Å²) in [5.41, 5.74) is 0.881. The molecule has 2 rings (SSSR count). The van der Waals surface area contributed by atoms with Gasteiger partial charge in [0, 0.05) is 33.1 Å². The summed E-state index contributed by atoms with van der Waals surface area (Å²) in [5, 5.41) is 4.42. The third kappa shape index (κ3) is 5.52. The Morgan fingerprint density at radius 1 is 1.24 bits per heavy atom. The van der Waals surface area contributed by atoms with E-state index >= 15 is 0 Å². The van der Waals surface area contributed by atoms with Crippen LogP contribution >= 0.6 is 0 Å². The predicted molar refractivity (Wildman–Crippen MR) is 102 cm³/mol. The molecule has 0 saturated heterocycles. The van der Waals surface area contributed by atoms with Crippen LogP contribution in [0.3, 0.4) is 0 Å². The standard InChI is InChI=1S/C19H28N4O2/c1-5-6-11-20-19(21-13-18(24)22(2)3)23(4)14-16-12-15-9-7-8-10-17(15)25-16/h7-10,12H,5-6,11,13-14H2,1-4H3,(H,20,21). The normalized spacial score (nSPS) is 11.6. The van der Waals surface area contributed by atoms with Gasteiger partial charge in [-0.05, 0) is 18.6 Å². The number of fused-ring (bicyclic) bond motifs is 1. The highest BCUT2D eigenvalue weighted by molar-refractivity contribution is 5.85. The van der Waals surface area contributed by atoms with Crippen LogP contribution in [0.2, 0.25) is 0 Å². The molecular weight excluding hydrogens is 316 g/mol. The monoisotopic (exact) mass is 344 g/mol. The van der Waals surface area contributed by atoms with Gasteiger partial charge in [0.05, 0.1) is 6.54 Å². The molecule has 1 heterocycles. The van der Waals surface area contributed by atoms with Gasteiger partial charge in [-0.2, -0.15) is 0 Å². The smallest absolute Gasteiger partial charge is 0.243 e. The van der Waals surface area contributed by atoms with Crippen LogP contribution in [0.5, 0.6) is 0 Å². The van der Waals surface area contributed by atoms with Crippen molar-refractivity contribution in [1.29, 1.82) is 0 Å². The number of furan rings is 1. The van der Waals surface area contributed by atoms with E-state index in [1.165, 1.54) is 0 Å². The third-order valence-electron chi connectivity index (χ3n) is 3.91. The third-order valence-corrected chi connectivity index (χ3v) is 3.91. The lowest BCUT2D eigenvalue weighted by atomic mass is 10.2. The molecule has 1 N–H and O–H groups in total. The zero-order valence-corrected chi connectivity index (χ0v) is 15.6. The molecule has 6 nitrogen and oxygen atoms in total. The van der Waals surface area contributed by atoms with E-state index in [0.29, 0.717) is 12.5 Å². The lowest BCUT2D eigenvalue weighted by Gasteiger charge is -2.21. The molecule has 1 aromatic carbocycles. The SMILES string of the molecule is CCCCNC(=NCC(=O)N(C)C)N(C)Cc1cc2ccccc2o1. The Hall–Kier alpha value is -2.50. The van der Waals surface area contributed by atoms with Gasteiger partial charge >= 0.3 is 0 Å². The summed E-state index contributed by atoms with van der Waals surface area (Å²) in [6.07, 6.45) is 2.16. The summed E-state index contributed by atoms with van der Waals surface area (Å²) in [7, 11) is 5.42. The van der Waals surface area contributed by atoms with Crippen LogP contribution in [-0.4, -0.2) is 55.9 Å². The van der Waals surface area contributed by atoms with Crippen molar-refractivity contribution in [2.75, 3.05) is 34.2 Å². The number of likely N-dealkylation sites (N-methyl/N-ethyl adjacent to an activating group) is 1. The molecule has 0 saturated carbocycles. The van der Waals surface area contributed by atoms with E-state index in [1.807, 2.05) is 42.3 Å². The molecule has 0 radical (unpaired) electrons. The van der Waals surface area contributed by atoms with E-state index in [0.717, 1.165) is 36.1 Å². The number of aliphatic imine (C=N–C) groups is 1. The highest BCUT2D eigenvalue weighted by Crippen LogP contribution is 2.19. The molecule has 0 aliphatic heterocycles. The number of benzene rings is 1. The molecule has 2 aromatic rings. The first-order valence-electron chi connectivity index (χ1n) is 8.68. The van der Waals surface area contributed by atoms with Crippen molar-refractivity contribution in [3.05, 3.63) is 36.1 Å². The number of unbranched alkanes of at least 4 members (excludes halogenated alkanes) is 1. The Bertz CT molecular complexity index is 688. The van der Waals surface area contributed by atoms with Crippen LogP contribution in [0.15, 0.2) is 39.7 Å². The molecule has 0 atom stereocenters. The van der Waals surface area contributed by atoms with Crippen LogP contribution in [0.25, 0.3) is 11.0 Å². The summed E-state index contributed by atoms with van der Waals surface area (Å²) in [5.74, 6) is 1.56. The fourth-order valence-corrected chi connectivity index (χ4v) is 2.40. The van der Waals surface area contributed by atoms with E-state index in [-0.39, 0.29) is 12.5 Å². The van der Waals surface area contributed by atoms with Gasteiger partial charge in [-0.3, -0.25) is 4.79 Å². The van der Waals surface area contributed by atoms with Crippen molar-refractivity contribution in [3.63, 3.8) is 0 Å². The highest BCUT2D eigenvalue weighted by Gasteiger charge is 2.12. The second kappa shape index (κ2) is 9.11. The second-order valence-electron chi connectivity index (χ2n) is 6.31. The highest BCUT2D eigenvalue weighted by atomic mass is 16.3. The maximum atomic E-state index is 11.8. The largest absolute Gasteiger partial charge is 0.459 e. The van der Waals surface area contributed by atoms with Crippen LogP contribution < -0.4 is 5.32 Å². The summed E-state index contributed by atoms with van der Waals surface area (Å²) in [6.45, 7) is 3.69. The summed E-state index contributed by atoms with van der Waals surface area (Å²) in [6, 6.07) is 10.00. The van der Waals surface area contributed by atoms with Gasteiger partial charge in [-0.25, -0.2) is 4.99 Å². The number of hydrogen-bond acceptors (Lipinski definition) is 3. The molecule has 1 aromatic heterocycles. The first kappa shape index (κ1) is 18.8. The van der Waals surface area contributed by atoms with Crippen LogP contribution in [-0.2, 0) is 11.3 Å². The van der Waals surface area contributed by atoms with E-state index in [1.54, 1.807) is 19.0 Å². The summed E-state index contributed by atoms with van der Waals surface area (Å²) >= 11 is 0. The van der Waals surface area contributed by atoms with Gasteiger partial charge in [0.25, 0.3) is 0 Å². The van der Waals surface area contributed by atoms with Crippen molar-refractivity contribution in [1.82, 2.24) is 15.1 Å². The Morgan fingerprint density at radius 2 is 2.00 bits per heavy atom. The Morgan fingerprint density at radius 3 is 2.68 bits per heavy atom. The summed E-state index contributed by atoms with van der Waals surface area (Å²) < 4.78 is 5.88. The molecule has 0 bridgehead atoms. The molecule has 0 aliphatic rings. The van der Waals surface area contributed by atoms with Gasteiger partial charge in [0.2, 0.25) is 5.91 Å². The van der Waals surface area contributed by atoms with E-state index < -0.39 is 0 Å². The number of carbonyl (C=O) groups excluding carboxylic acids is 1. The number of amides is 1. The van der Waals surface area contributed by atoms with Crippen LogP contribution in [0.4, 0.5) is 0 Å². The Balaban J connectivity index is 2.08. The molecule has 1 amide bonds. The van der Waals surface area contributed by atoms with Crippen LogP contribution in [0, 0.1) is 0 Å². The topological polar surface area (TPSA) is 61.1 Å². The van der Waals surface area contributed by atoms with Crippen molar-refractivity contribution in [3.8, 4) is 0 Å². The Kier molecular flexibility index (Phi) is 6.86. The minimum atomic E-state index is -0.0214. The molecule has 6 heteroatoms. The van der Waals surface area contributed by atoms with Crippen molar-refractivity contribution in [2.45, 2.75) is 26.3 Å². The minimum absolute atomic E-state index is 0.0214. The first-order chi connectivity index (χ1) is 12.0. The molecule has 0 fully saturated rings. The van der Waals surface area contributed by atoms with Crippen LogP contribution in [0.1, 0.15) is 25.5 Å². The van der Waals surface area contributed by atoms with Crippen molar-refractivity contribution in [2.24, 2.45) is 4.99 Å². The average molecular weight is 344 g/mol. The molecule has 0 aliphatic carbocycles. The maximum Gasteiger partial charge on any atom is 0.243 e. The van der Waals surface area contributed by atoms with E-state index in [4.69, 9.17) is 4.42 Å². The number of hydrogen-bond donors (Lipinski definition) is 1. The quantitative estimate of drug-likeness (QED) is 0.477. The van der Waals surface area contributed by atoms with Crippen molar-refractivity contribution < 1.29 is 9.21 Å². The molecule has 25 heavy (non-hydrogen) atoms. The van der Waals surface area contributed by atoms with Crippen molar-refractivity contribution >= 4 is 22.8 Å². The van der Waals surface area contributed by atoms with E-state index in [2.05, 4.69) is 17.2 Å². The fraction of sp³-hybridized carbons (Fsp3) is 0.474. The predicted octanol–water partition coefficient (Wildman–Crippen LogP) is 2.70. The molecule has 0 unspecified atom stereocenters. The zero-order valence-electron chi connectivity index (χ0n) is 15.6. The zero-order chi connectivity index (χ0) is 18.2. The fourth-order valence-electron chi connectivity index (χ4n) is 2.40. The number of rotatable bonds is 7. The minimum Gasteiger partial charge on any atom is -0.459 e. The molecular formula is C19H28N4O2. The number of guanidine groups is 1. The van der Waals surface area contributed by atoms with Gasteiger partial charge in [0.15, 0.2) is 5.96 Å².